The van der Waals surface area contributed by atoms with Gasteiger partial charge < -0.3 is 14.5 Å². The van der Waals surface area contributed by atoms with Crippen molar-refractivity contribution in [2.24, 2.45) is 0 Å². The fourth-order valence-corrected chi connectivity index (χ4v) is 2.01. The number of ether oxygens (including phenoxy) is 1. The molecule has 5 heteroatoms. The van der Waals surface area contributed by atoms with Crippen LogP contribution in [0.1, 0.15) is 28.6 Å². The number of hydrogen-bond donors (Lipinski definition) is 1. The Bertz CT molecular complexity index is 578. The predicted molar refractivity (Wildman–Crippen MR) is 67.9 cm³/mol. The molecule has 1 aliphatic rings. The summed E-state index contributed by atoms with van der Waals surface area (Å²) in [5.41, 5.74) is 0.724. The standard InChI is InChI=1S/C14H14N2O3/c17-14-13-11(7-4-8-15-14)16-12(19-13)9-18-10-5-2-1-3-6-10/h1-3,5-6H,4,7-9H2,(H,15,17). The number of aryl methyl sites for hydroxylation is 1. The van der Waals surface area contributed by atoms with E-state index in [-0.39, 0.29) is 12.5 Å². The second-order valence-electron chi connectivity index (χ2n) is 4.34. The quantitative estimate of drug-likeness (QED) is 0.913. The summed E-state index contributed by atoms with van der Waals surface area (Å²) in [5.74, 6) is 1.32. The number of aromatic nitrogens is 1. The van der Waals surface area contributed by atoms with Gasteiger partial charge in [-0.2, -0.15) is 0 Å². The number of para-hydroxylation sites is 1. The van der Waals surface area contributed by atoms with Crippen LogP contribution in [0.25, 0.3) is 0 Å². The molecule has 1 N–H and O–H groups in total. The zero-order valence-electron chi connectivity index (χ0n) is 10.4. The van der Waals surface area contributed by atoms with E-state index in [1.165, 1.54) is 0 Å². The second kappa shape index (κ2) is 5.14. The van der Waals surface area contributed by atoms with E-state index in [2.05, 4.69) is 10.3 Å². The van der Waals surface area contributed by atoms with E-state index in [1.807, 2.05) is 30.3 Å². The van der Waals surface area contributed by atoms with Gasteiger partial charge in [0.05, 0.1) is 5.69 Å². The highest BCUT2D eigenvalue weighted by Crippen LogP contribution is 2.17. The van der Waals surface area contributed by atoms with Crippen LogP contribution in [0.2, 0.25) is 0 Å². The molecule has 19 heavy (non-hydrogen) atoms. The summed E-state index contributed by atoms with van der Waals surface area (Å²) in [6, 6.07) is 9.44. The number of benzene rings is 1. The molecule has 0 aliphatic carbocycles. The Morgan fingerprint density at radius 2 is 2.16 bits per heavy atom. The minimum Gasteiger partial charge on any atom is -0.484 e. The third-order valence-electron chi connectivity index (χ3n) is 2.93. The maximum absolute atomic E-state index is 11.7. The van der Waals surface area contributed by atoms with Crippen molar-refractivity contribution in [3.05, 3.63) is 47.7 Å². The van der Waals surface area contributed by atoms with Crippen molar-refractivity contribution in [3.63, 3.8) is 0 Å². The van der Waals surface area contributed by atoms with Crippen molar-refractivity contribution in [1.29, 1.82) is 0 Å². The lowest BCUT2D eigenvalue weighted by atomic mass is 10.2. The van der Waals surface area contributed by atoms with Crippen LogP contribution in [-0.4, -0.2) is 17.4 Å². The van der Waals surface area contributed by atoms with E-state index in [0.29, 0.717) is 18.2 Å². The minimum absolute atomic E-state index is 0.189. The highest BCUT2D eigenvalue weighted by atomic mass is 16.5. The third kappa shape index (κ3) is 2.59. The van der Waals surface area contributed by atoms with Gasteiger partial charge in [-0.05, 0) is 25.0 Å². The molecular weight excluding hydrogens is 244 g/mol. The summed E-state index contributed by atoms with van der Waals surface area (Å²) in [6.45, 7) is 0.894. The van der Waals surface area contributed by atoms with Crippen LogP contribution in [0.15, 0.2) is 34.7 Å². The van der Waals surface area contributed by atoms with Crippen molar-refractivity contribution in [3.8, 4) is 5.75 Å². The molecule has 98 valence electrons. The second-order valence-corrected chi connectivity index (χ2v) is 4.34. The SMILES string of the molecule is O=C1NCCCc2nc(COc3ccccc3)oc21. The van der Waals surface area contributed by atoms with Gasteiger partial charge in [0.1, 0.15) is 5.75 Å². The van der Waals surface area contributed by atoms with Crippen LogP contribution in [0.3, 0.4) is 0 Å². The molecule has 1 aromatic heterocycles. The Kier molecular flexibility index (Phi) is 3.18. The average molecular weight is 258 g/mol. The molecule has 5 nitrogen and oxygen atoms in total. The van der Waals surface area contributed by atoms with E-state index in [9.17, 15) is 4.79 Å². The summed E-state index contributed by atoms with van der Waals surface area (Å²) in [6.07, 6.45) is 1.63. The van der Waals surface area contributed by atoms with Gasteiger partial charge >= 0.3 is 0 Å². The summed E-state index contributed by atoms with van der Waals surface area (Å²) >= 11 is 0. The molecule has 0 radical (unpaired) electrons. The van der Waals surface area contributed by atoms with Crippen molar-refractivity contribution in [2.75, 3.05) is 6.54 Å². The molecule has 0 unspecified atom stereocenters. The van der Waals surface area contributed by atoms with Gasteiger partial charge in [0, 0.05) is 6.54 Å². The first-order valence-electron chi connectivity index (χ1n) is 6.27. The fourth-order valence-electron chi connectivity index (χ4n) is 2.01. The molecule has 0 atom stereocenters. The van der Waals surface area contributed by atoms with Crippen molar-refractivity contribution in [1.82, 2.24) is 10.3 Å². The number of fused-ring (bicyclic) bond motifs is 1. The Balaban J connectivity index is 1.73. The van der Waals surface area contributed by atoms with E-state index >= 15 is 0 Å². The minimum atomic E-state index is -0.189. The highest BCUT2D eigenvalue weighted by Gasteiger charge is 2.22. The van der Waals surface area contributed by atoms with Gasteiger partial charge in [-0.3, -0.25) is 4.79 Å². The summed E-state index contributed by atoms with van der Waals surface area (Å²) in [5, 5.41) is 2.77. The number of carbonyl (C=O) groups is 1. The monoisotopic (exact) mass is 258 g/mol. The van der Waals surface area contributed by atoms with Gasteiger partial charge in [0.25, 0.3) is 5.91 Å². The van der Waals surface area contributed by atoms with Crippen LogP contribution in [0, 0.1) is 0 Å². The zero-order valence-corrected chi connectivity index (χ0v) is 10.4. The van der Waals surface area contributed by atoms with Crippen molar-refractivity contribution < 1.29 is 13.9 Å². The van der Waals surface area contributed by atoms with Gasteiger partial charge in [-0.1, -0.05) is 18.2 Å². The number of nitrogens with zero attached hydrogens (tertiary/aromatic N) is 1. The number of hydrogen-bond acceptors (Lipinski definition) is 4. The number of rotatable bonds is 3. The molecular formula is C14H14N2O3. The summed E-state index contributed by atoms with van der Waals surface area (Å²) in [4.78, 5) is 16.0. The third-order valence-corrected chi connectivity index (χ3v) is 2.93. The van der Waals surface area contributed by atoms with Crippen LogP contribution in [0.4, 0.5) is 0 Å². The molecule has 0 spiro atoms. The first-order chi connectivity index (χ1) is 9.33. The molecule has 2 heterocycles. The maximum Gasteiger partial charge on any atom is 0.289 e. The molecule has 0 saturated carbocycles. The molecule has 2 aromatic rings. The van der Waals surface area contributed by atoms with E-state index in [1.54, 1.807) is 0 Å². The van der Waals surface area contributed by atoms with Crippen LogP contribution >= 0.6 is 0 Å². The number of carbonyl (C=O) groups excluding carboxylic acids is 1. The fraction of sp³-hybridized carbons (Fsp3) is 0.286. The number of oxazole rings is 1. The van der Waals surface area contributed by atoms with E-state index < -0.39 is 0 Å². The summed E-state index contributed by atoms with van der Waals surface area (Å²) in [7, 11) is 0. The first kappa shape index (κ1) is 11.8. The zero-order chi connectivity index (χ0) is 13.1. The molecule has 0 bridgehead atoms. The molecule has 1 aromatic carbocycles. The first-order valence-corrected chi connectivity index (χ1v) is 6.27. The number of nitrogens with one attached hydrogen (secondary N) is 1. The largest absolute Gasteiger partial charge is 0.484 e. The summed E-state index contributed by atoms with van der Waals surface area (Å²) < 4.78 is 11.0. The van der Waals surface area contributed by atoms with Crippen LogP contribution < -0.4 is 10.1 Å². The predicted octanol–water partition coefficient (Wildman–Crippen LogP) is 1.93. The van der Waals surface area contributed by atoms with Crippen molar-refractivity contribution in [2.45, 2.75) is 19.4 Å². The van der Waals surface area contributed by atoms with Crippen molar-refractivity contribution >= 4 is 5.91 Å². The van der Waals surface area contributed by atoms with Gasteiger partial charge in [-0.25, -0.2) is 4.98 Å². The van der Waals surface area contributed by atoms with Gasteiger partial charge in [0.2, 0.25) is 11.7 Å². The molecule has 1 amide bonds. The molecule has 3 rings (SSSR count). The van der Waals surface area contributed by atoms with Crippen LogP contribution in [-0.2, 0) is 13.0 Å². The Morgan fingerprint density at radius 3 is 3.00 bits per heavy atom. The van der Waals surface area contributed by atoms with Gasteiger partial charge in [-0.15, -0.1) is 0 Å². The Hall–Kier alpha value is -2.30. The number of amides is 1. The topological polar surface area (TPSA) is 64.4 Å². The smallest absolute Gasteiger partial charge is 0.289 e. The Morgan fingerprint density at radius 1 is 1.32 bits per heavy atom. The lowest BCUT2D eigenvalue weighted by molar-refractivity contribution is 0.0924. The average Bonchev–Trinajstić information content (AvgIpc) is 2.78. The lowest BCUT2D eigenvalue weighted by Crippen LogP contribution is -2.22. The molecule has 1 aliphatic heterocycles. The lowest BCUT2D eigenvalue weighted by Gasteiger charge is -2.02. The molecule has 0 fully saturated rings. The highest BCUT2D eigenvalue weighted by molar-refractivity contribution is 5.92. The van der Waals surface area contributed by atoms with E-state index in [4.69, 9.17) is 9.15 Å². The molecule has 0 saturated heterocycles. The normalized spacial score (nSPS) is 14.4. The van der Waals surface area contributed by atoms with Crippen LogP contribution in [0.5, 0.6) is 5.75 Å². The maximum atomic E-state index is 11.7. The Labute approximate surface area is 110 Å². The van der Waals surface area contributed by atoms with E-state index in [0.717, 1.165) is 24.3 Å². The van der Waals surface area contributed by atoms with Gasteiger partial charge in [0.15, 0.2) is 6.61 Å².